The number of halogens is 1. The van der Waals surface area contributed by atoms with Crippen molar-refractivity contribution in [2.45, 2.75) is 26.4 Å². The normalized spacial score (nSPS) is 12.3. The number of imidazole rings is 1. The maximum Gasteiger partial charge on any atom is 0.251 e. The van der Waals surface area contributed by atoms with Gasteiger partial charge in [-0.2, -0.15) is 0 Å². The van der Waals surface area contributed by atoms with Gasteiger partial charge in [-0.1, -0.05) is 28.1 Å². The summed E-state index contributed by atoms with van der Waals surface area (Å²) in [4.78, 5) is 17.1. The number of para-hydroxylation sites is 2. The second kappa shape index (κ2) is 6.54. The van der Waals surface area contributed by atoms with Crippen LogP contribution in [0.25, 0.3) is 11.0 Å². The Bertz CT molecular complexity index is 839. The molecule has 118 valence electrons. The van der Waals surface area contributed by atoms with Crippen LogP contribution >= 0.6 is 15.9 Å². The number of hydrogen-bond donors (Lipinski definition) is 1. The summed E-state index contributed by atoms with van der Waals surface area (Å²) >= 11 is 3.38. The van der Waals surface area contributed by atoms with Crippen LogP contribution in [0, 0.1) is 0 Å². The van der Waals surface area contributed by atoms with Crippen molar-refractivity contribution >= 4 is 32.9 Å². The third-order valence-electron chi connectivity index (χ3n) is 3.84. The molecule has 0 aliphatic rings. The summed E-state index contributed by atoms with van der Waals surface area (Å²) < 4.78 is 3.09. The predicted octanol–water partition coefficient (Wildman–Crippen LogP) is 4.31. The lowest BCUT2D eigenvalue weighted by molar-refractivity contribution is 0.0937. The van der Waals surface area contributed by atoms with Crippen LogP contribution in [0.2, 0.25) is 0 Å². The van der Waals surface area contributed by atoms with E-state index in [2.05, 4.69) is 43.8 Å². The zero-order valence-electron chi connectivity index (χ0n) is 13.1. The molecule has 0 aliphatic carbocycles. The number of carbonyl (C=O) groups is 1. The molecule has 1 aromatic heterocycles. The Labute approximate surface area is 143 Å². The molecule has 1 heterocycles. The minimum atomic E-state index is -0.168. The Morgan fingerprint density at radius 2 is 1.91 bits per heavy atom. The third-order valence-corrected chi connectivity index (χ3v) is 4.37. The quantitative estimate of drug-likeness (QED) is 0.742. The Morgan fingerprint density at radius 1 is 1.22 bits per heavy atom. The molecule has 1 N–H and O–H groups in total. The monoisotopic (exact) mass is 371 g/mol. The summed E-state index contributed by atoms with van der Waals surface area (Å²) in [6.45, 7) is 4.86. The lowest BCUT2D eigenvalue weighted by atomic mass is 10.2. The topological polar surface area (TPSA) is 46.9 Å². The van der Waals surface area contributed by atoms with Crippen molar-refractivity contribution in [1.29, 1.82) is 0 Å². The van der Waals surface area contributed by atoms with Gasteiger partial charge in [-0.15, -0.1) is 0 Å². The fourth-order valence-corrected chi connectivity index (χ4v) is 2.97. The van der Waals surface area contributed by atoms with Gasteiger partial charge in [0.05, 0.1) is 17.1 Å². The van der Waals surface area contributed by atoms with Crippen molar-refractivity contribution in [2.24, 2.45) is 0 Å². The molecular weight excluding hydrogens is 354 g/mol. The van der Waals surface area contributed by atoms with E-state index >= 15 is 0 Å². The fraction of sp³-hybridized carbons (Fsp3) is 0.222. The smallest absolute Gasteiger partial charge is 0.251 e. The van der Waals surface area contributed by atoms with Crippen LogP contribution < -0.4 is 5.32 Å². The van der Waals surface area contributed by atoms with Gasteiger partial charge in [-0.05, 0) is 50.2 Å². The Morgan fingerprint density at radius 3 is 2.61 bits per heavy atom. The van der Waals surface area contributed by atoms with Crippen LogP contribution in [-0.2, 0) is 6.54 Å². The molecule has 5 heteroatoms. The van der Waals surface area contributed by atoms with E-state index in [-0.39, 0.29) is 11.9 Å². The minimum absolute atomic E-state index is 0.0975. The van der Waals surface area contributed by atoms with E-state index in [4.69, 9.17) is 0 Å². The maximum absolute atomic E-state index is 12.4. The molecular formula is C18H18BrN3O. The lowest BCUT2D eigenvalue weighted by Crippen LogP contribution is -2.28. The number of benzene rings is 2. The number of amides is 1. The zero-order valence-corrected chi connectivity index (χ0v) is 14.7. The van der Waals surface area contributed by atoms with Crippen LogP contribution in [0.15, 0.2) is 53.0 Å². The number of nitrogens with zero attached hydrogens (tertiary/aromatic N) is 2. The number of hydrogen-bond acceptors (Lipinski definition) is 2. The van der Waals surface area contributed by atoms with Crippen molar-refractivity contribution < 1.29 is 4.79 Å². The summed E-state index contributed by atoms with van der Waals surface area (Å²) in [6.07, 6.45) is 0. The SMILES string of the molecule is CCn1c(C(C)NC(=O)c2ccc(Br)cc2)nc2ccccc21. The second-order valence-corrected chi connectivity index (χ2v) is 6.32. The summed E-state index contributed by atoms with van der Waals surface area (Å²) in [7, 11) is 0. The highest BCUT2D eigenvalue weighted by molar-refractivity contribution is 9.10. The van der Waals surface area contributed by atoms with Gasteiger partial charge in [0.1, 0.15) is 5.82 Å². The molecule has 0 bridgehead atoms. The minimum Gasteiger partial charge on any atom is -0.342 e. The van der Waals surface area contributed by atoms with Crippen molar-refractivity contribution in [3.8, 4) is 0 Å². The van der Waals surface area contributed by atoms with Crippen molar-refractivity contribution in [2.75, 3.05) is 0 Å². The molecule has 23 heavy (non-hydrogen) atoms. The van der Waals surface area contributed by atoms with Crippen molar-refractivity contribution in [1.82, 2.24) is 14.9 Å². The first-order valence-corrected chi connectivity index (χ1v) is 8.41. The van der Waals surface area contributed by atoms with E-state index in [1.165, 1.54) is 0 Å². The largest absolute Gasteiger partial charge is 0.342 e. The van der Waals surface area contributed by atoms with Crippen LogP contribution in [0.5, 0.6) is 0 Å². The Balaban J connectivity index is 1.87. The molecule has 0 spiro atoms. The molecule has 0 saturated carbocycles. The first-order valence-electron chi connectivity index (χ1n) is 7.61. The molecule has 0 saturated heterocycles. The van der Waals surface area contributed by atoms with Gasteiger partial charge in [0.25, 0.3) is 5.91 Å². The number of aryl methyl sites for hydroxylation is 1. The fourth-order valence-electron chi connectivity index (χ4n) is 2.70. The van der Waals surface area contributed by atoms with E-state index in [9.17, 15) is 4.79 Å². The number of fused-ring (bicyclic) bond motifs is 1. The molecule has 4 nitrogen and oxygen atoms in total. The summed E-state index contributed by atoms with van der Waals surface area (Å²) in [5, 5.41) is 3.03. The Kier molecular flexibility index (Phi) is 4.48. The van der Waals surface area contributed by atoms with E-state index in [1.54, 1.807) is 12.1 Å². The highest BCUT2D eigenvalue weighted by atomic mass is 79.9. The van der Waals surface area contributed by atoms with Gasteiger partial charge in [0.2, 0.25) is 0 Å². The van der Waals surface area contributed by atoms with Gasteiger partial charge in [0.15, 0.2) is 0 Å². The van der Waals surface area contributed by atoms with Gasteiger partial charge < -0.3 is 9.88 Å². The number of carbonyl (C=O) groups excluding carboxylic acids is 1. The lowest BCUT2D eigenvalue weighted by Gasteiger charge is -2.15. The average Bonchev–Trinajstić information content (AvgIpc) is 2.94. The average molecular weight is 372 g/mol. The van der Waals surface area contributed by atoms with Crippen LogP contribution in [0.1, 0.15) is 36.1 Å². The van der Waals surface area contributed by atoms with E-state index in [1.807, 2.05) is 37.3 Å². The van der Waals surface area contributed by atoms with Crippen molar-refractivity contribution in [3.63, 3.8) is 0 Å². The number of rotatable bonds is 4. The van der Waals surface area contributed by atoms with E-state index in [0.717, 1.165) is 27.9 Å². The molecule has 3 aromatic rings. The summed E-state index contributed by atoms with van der Waals surface area (Å²) in [5.41, 5.74) is 2.68. The highest BCUT2D eigenvalue weighted by Gasteiger charge is 2.18. The highest BCUT2D eigenvalue weighted by Crippen LogP contribution is 2.21. The molecule has 2 aromatic carbocycles. The maximum atomic E-state index is 12.4. The zero-order chi connectivity index (χ0) is 16.4. The van der Waals surface area contributed by atoms with Crippen LogP contribution in [0.4, 0.5) is 0 Å². The van der Waals surface area contributed by atoms with Gasteiger partial charge in [-0.3, -0.25) is 4.79 Å². The standard InChI is InChI=1S/C18H18BrN3O/c1-3-22-16-7-5-4-6-15(16)21-17(22)12(2)20-18(23)13-8-10-14(19)11-9-13/h4-12H,3H2,1-2H3,(H,20,23). The van der Waals surface area contributed by atoms with Gasteiger partial charge >= 0.3 is 0 Å². The molecule has 3 rings (SSSR count). The van der Waals surface area contributed by atoms with E-state index < -0.39 is 0 Å². The first kappa shape index (κ1) is 15.7. The van der Waals surface area contributed by atoms with E-state index in [0.29, 0.717) is 5.56 Å². The first-order chi connectivity index (χ1) is 11.1. The molecule has 0 fully saturated rings. The molecule has 0 radical (unpaired) electrons. The predicted molar refractivity (Wildman–Crippen MR) is 95.4 cm³/mol. The van der Waals surface area contributed by atoms with Crippen molar-refractivity contribution in [3.05, 3.63) is 64.4 Å². The Hall–Kier alpha value is -2.14. The second-order valence-electron chi connectivity index (χ2n) is 5.41. The van der Waals surface area contributed by atoms with Crippen LogP contribution in [0.3, 0.4) is 0 Å². The third kappa shape index (κ3) is 3.15. The van der Waals surface area contributed by atoms with Crippen LogP contribution in [-0.4, -0.2) is 15.5 Å². The van der Waals surface area contributed by atoms with Gasteiger partial charge in [-0.25, -0.2) is 4.98 Å². The number of aromatic nitrogens is 2. The summed E-state index contributed by atoms with van der Waals surface area (Å²) in [6, 6.07) is 15.2. The molecule has 0 aliphatic heterocycles. The number of nitrogens with one attached hydrogen (secondary N) is 1. The molecule has 1 unspecified atom stereocenters. The molecule has 1 atom stereocenters. The summed E-state index contributed by atoms with van der Waals surface area (Å²) in [5.74, 6) is 0.777. The molecule has 1 amide bonds. The van der Waals surface area contributed by atoms with Gasteiger partial charge in [0, 0.05) is 16.6 Å².